The highest BCUT2D eigenvalue weighted by molar-refractivity contribution is 7.99. The van der Waals surface area contributed by atoms with Gasteiger partial charge >= 0.3 is 0 Å². The fourth-order valence-corrected chi connectivity index (χ4v) is 2.31. The molecule has 0 aromatic rings. The van der Waals surface area contributed by atoms with Gasteiger partial charge in [-0.1, -0.05) is 6.58 Å². The van der Waals surface area contributed by atoms with Gasteiger partial charge in [0.2, 0.25) is 17.7 Å². The van der Waals surface area contributed by atoms with Gasteiger partial charge in [0, 0.05) is 30.5 Å². The first-order chi connectivity index (χ1) is 10.2. The van der Waals surface area contributed by atoms with Gasteiger partial charge in [-0.15, -0.1) is 0 Å². The topological polar surface area (TPSA) is 87.3 Å². The minimum Gasteiger partial charge on any atom is -0.354 e. The lowest BCUT2D eigenvalue weighted by molar-refractivity contribution is -0.130. The Morgan fingerprint density at radius 3 is 2.41 bits per heavy atom. The first-order valence-corrected chi connectivity index (χ1v) is 8.44. The highest BCUT2D eigenvalue weighted by Gasteiger charge is 2.28. The Labute approximate surface area is 136 Å². The summed E-state index contributed by atoms with van der Waals surface area (Å²) in [4.78, 5) is 34.6. The van der Waals surface area contributed by atoms with Crippen molar-refractivity contribution in [2.75, 3.05) is 18.1 Å². The number of rotatable bonds is 10. The fourth-order valence-electron chi connectivity index (χ4n) is 1.53. The summed E-state index contributed by atoms with van der Waals surface area (Å²) in [5, 5.41) is 8.15. The van der Waals surface area contributed by atoms with Gasteiger partial charge in [0.25, 0.3) is 0 Å². The van der Waals surface area contributed by atoms with Gasteiger partial charge in [-0.05, 0) is 33.8 Å². The molecule has 0 aromatic heterocycles. The van der Waals surface area contributed by atoms with Crippen LogP contribution < -0.4 is 16.0 Å². The number of thioether (sulfide) groups is 1. The summed E-state index contributed by atoms with van der Waals surface area (Å²) in [7, 11) is 0. The Morgan fingerprint density at radius 1 is 1.23 bits per heavy atom. The fraction of sp³-hybridized carbons (Fsp3) is 0.667. The van der Waals surface area contributed by atoms with Gasteiger partial charge < -0.3 is 16.0 Å². The van der Waals surface area contributed by atoms with E-state index >= 15 is 0 Å². The van der Waals surface area contributed by atoms with Crippen molar-refractivity contribution in [3.05, 3.63) is 12.7 Å². The molecule has 0 fully saturated rings. The monoisotopic (exact) mass is 329 g/mol. The Bertz CT molecular complexity index is 409. The van der Waals surface area contributed by atoms with Crippen LogP contribution in [0, 0.1) is 0 Å². The molecule has 126 valence electrons. The third-order valence-corrected chi connectivity index (χ3v) is 3.63. The first kappa shape index (κ1) is 20.5. The van der Waals surface area contributed by atoms with Gasteiger partial charge in [-0.25, -0.2) is 0 Å². The molecule has 0 saturated heterocycles. The molecule has 0 bridgehead atoms. The summed E-state index contributed by atoms with van der Waals surface area (Å²) >= 11 is 1.60. The molecule has 0 aromatic carbocycles. The van der Waals surface area contributed by atoms with E-state index < -0.39 is 5.54 Å². The van der Waals surface area contributed by atoms with Crippen LogP contribution in [0.2, 0.25) is 0 Å². The van der Waals surface area contributed by atoms with E-state index in [2.05, 4.69) is 22.5 Å². The van der Waals surface area contributed by atoms with Crippen LogP contribution in [-0.2, 0) is 14.4 Å². The van der Waals surface area contributed by atoms with Crippen molar-refractivity contribution >= 4 is 29.5 Å². The summed E-state index contributed by atoms with van der Waals surface area (Å²) in [6.07, 6.45) is 1.60. The molecule has 3 N–H and O–H groups in total. The lowest BCUT2D eigenvalue weighted by atomic mass is 10.0. The van der Waals surface area contributed by atoms with Crippen LogP contribution in [0.15, 0.2) is 12.7 Å². The molecule has 0 aliphatic carbocycles. The van der Waals surface area contributed by atoms with E-state index in [9.17, 15) is 14.4 Å². The molecule has 7 heteroatoms. The van der Waals surface area contributed by atoms with Gasteiger partial charge in [0.1, 0.15) is 5.54 Å². The Kier molecular flexibility index (Phi) is 9.56. The average molecular weight is 329 g/mol. The van der Waals surface area contributed by atoms with Crippen LogP contribution in [-0.4, -0.2) is 47.4 Å². The molecule has 0 atom stereocenters. The Hall–Kier alpha value is -1.50. The predicted octanol–water partition coefficient (Wildman–Crippen LogP) is 0.831. The van der Waals surface area contributed by atoms with Gasteiger partial charge in [-0.3, -0.25) is 14.4 Å². The van der Waals surface area contributed by atoms with E-state index in [-0.39, 0.29) is 23.8 Å². The van der Waals surface area contributed by atoms with Crippen molar-refractivity contribution < 1.29 is 14.4 Å². The molecule has 0 radical (unpaired) electrons. The largest absolute Gasteiger partial charge is 0.354 e. The zero-order valence-electron chi connectivity index (χ0n) is 13.8. The molecule has 0 aliphatic rings. The van der Waals surface area contributed by atoms with Crippen molar-refractivity contribution in [3.63, 3.8) is 0 Å². The number of hydrogen-bond acceptors (Lipinski definition) is 4. The SMILES string of the molecule is C=CC(=O)NC(C)(C)C(=O)NCCSCCC(=O)NC(C)C. The van der Waals surface area contributed by atoms with E-state index in [1.807, 2.05) is 13.8 Å². The molecule has 22 heavy (non-hydrogen) atoms. The molecule has 0 unspecified atom stereocenters. The standard InChI is InChI=1S/C15H27N3O3S/c1-6-12(19)18-15(4,5)14(21)16-8-10-22-9-7-13(20)17-11(2)3/h6,11H,1,7-10H2,2-5H3,(H,16,21)(H,17,20)(H,18,19). The number of amides is 3. The maximum atomic E-state index is 11.9. The van der Waals surface area contributed by atoms with Crippen LogP contribution in [0.25, 0.3) is 0 Å². The summed E-state index contributed by atoms with van der Waals surface area (Å²) in [6.45, 7) is 11.0. The van der Waals surface area contributed by atoms with Crippen molar-refractivity contribution in [3.8, 4) is 0 Å². The van der Waals surface area contributed by atoms with Crippen molar-refractivity contribution in [1.82, 2.24) is 16.0 Å². The smallest absolute Gasteiger partial charge is 0.245 e. The zero-order valence-corrected chi connectivity index (χ0v) is 14.6. The number of hydrogen-bond donors (Lipinski definition) is 3. The lowest BCUT2D eigenvalue weighted by Gasteiger charge is -2.24. The van der Waals surface area contributed by atoms with Gasteiger partial charge in [0.05, 0.1) is 0 Å². The van der Waals surface area contributed by atoms with Crippen molar-refractivity contribution in [2.45, 2.75) is 45.7 Å². The van der Waals surface area contributed by atoms with E-state index in [0.29, 0.717) is 24.5 Å². The van der Waals surface area contributed by atoms with Crippen LogP contribution in [0.4, 0.5) is 0 Å². The minimum absolute atomic E-state index is 0.0415. The number of carbonyl (C=O) groups excluding carboxylic acids is 3. The molecule has 0 rings (SSSR count). The maximum absolute atomic E-state index is 11.9. The molecular weight excluding hydrogens is 302 g/mol. The second kappa shape index (κ2) is 10.3. The Morgan fingerprint density at radius 2 is 1.86 bits per heavy atom. The summed E-state index contributed by atoms with van der Waals surface area (Å²) in [5.74, 6) is 0.836. The summed E-state index contributed by atoms with van der Waals surface area (Å²) in [5.41, 5.74) is -0.979. The molecule has 0 spiro atoms. The third-order valence-electron chi connectivity index (χ3n) is 2.64. The minimum atomic E-state index is -0.979. The van der Waals surface area contributed by atoms with E-state index in [0.717, 1.165) is 6.08 Å². The normalized spacial score (nSPS) is 11.0. The van der Waals surface area contributed by atoms with Gasteiger partial charge in [-0.2, -0.15) is 11.8 Å². The van der Waals surface area contributed by atoms with E-state index in [4.69, 9.17) is 0 Å². The van der Waals surface area contributed by atoms with Crippen LogP contribution >= 0.6 is 11.8 Å². The van der Waals surface area contributed by atoms with Crippen LogP contribution in [0.1, 0.15) is 34.1 Å². The molecule has 0 aliphatic heterocycles. The average Bonchev–Trinajstić information content (AvgIpc) is 2.40. The van der Waals surface area contributed by atoms with Crippen LogP contribution in [0.5, 0.6) is 0 Å². The molecule has 6 nitrogen and oxygen atoms in total. The molecule has 3 amide bonds. The third kappa shape index (κ3) is 9.44. The molecule has 0 heterocycles. The zero-order chi connectivity index (χ0) is 17.2. The second-order valence-corrected chi connectivity index (χ2v) is 6.88. The Balaban J connectivity index is 3.83. The van der Waals surface area contributed by atoms with Gasteiger partial charge in [0.15, 0.2) is 0 Å². The number of nitrogens with one attached hydrogen (secondary N) is 3. The highest BCUT2D eigenvalue weighted by Crippen LogP contribution is 2.04. The van der Waals surface area contributed by atoms with Crippen molar-refractivity contribution in [2.24, 2.45) is 0 Å². The van der Waals surface area contributed by atoms with E-state index in [1.54, 1.807) is 25.6 Å². The van der Waals surface area contributed by atoms with Crippen LogP contribution in [0.3, 0.4) is 0 Å². The summed E-state index contributed by atoms with van der Waals surface area (Å²) in [6, 6.07) is 0.157. The van der Waals surface area contributed by atoms with E-state index in [1.165, 1.54) is 0 Å². The first-order valence-electron chi connectivity index (χ1n) is 7.29. The molecular formula is C15H27N3O3S. The second-order valence-electron chi connectivity index (χ2n) is 5.66. The quantitative estimate of drug-likeness (QED) is 0.409. The predicted molar refractivity (Wildman–Crippen MR) is 90.6 cm³/mol. The highest BCUT2D eigenvalue weighted by atomic mass is 32.2. The summed E-state index contributed by atoms with van der Waals surface area (Å²) < 4.78 is 0. The number of carbonyl (C=O) groups is 3. The lowest BCUT2D eigenvalue weighted by Crippen LogP contribution is -2.54. The molecule has 0 saturated carbocycles. The maximum Gasteiger partial charge on any atom is 0.245 e. The van der Waals surface area contributed by atoms with Crippen molar-refractivity contribution in [1.29, 1.82) is 0 Å².